The molecule has 0 radical (unpaired) electrons. The Hall–Kier alpha value is -9.10. The van der Waals surface area contributed by atoms with Gasteiger partial charge in [0.15, 0.2) is 0 Å². The van der Waals surface area contributed by atoms with Crippen molar-refractivity contribution in [3.8, 4) is 66.8 Å². The highest BCUT2D eigenvalue weighted by Gasteiger charge is 2.19. The minimum atomic E-state index is 1.21. The summed E-state index contributed by atoms with van der Waals surface area (Å²) in [5, 5.41) is 17.6. The Balaban J connectivity index is 0.784. The van der Waals surface area contributed by atoms with Crippen molar-refractivity contribution in [1.82, 2.24) is 0 Å². The van der Waals surface area contributed by atoms with E-state index >= 15 is 0 Å². The van der Waals surface area contributed by atoms with Gasteiger partial charge < -0.3 is 0 Å². The molecule has 0 aromatic heterocycles. The van der Waals surface area contributed by atoms with Gasteiger partial charge >= 0.3 is 0 Å². The fourth-order valence-corrected chi connectivity index (χ4v) is 11.5. The molecule has 0 heterocycles. The molecule has 0 unspecified atom stereocenters. The Bertz CT molecular complexity index is 3980. The summed E-state index contributed by atoms with van der Waals surface area (Å²) in [5.74, 6) is 0. The molecule has 0 aliphatic carbocycles. The second kappa shape index (κ2) is 16.3. The van der Waals surface area contributed by atoms with E-state index in [1.165, 1.54) is 142 Å². The first-order chi connectivity index (χ1) is 34.7. The van der Waals surface area contributed by atoms with Crippen molar-refractivity contribution in [2.75, 3.05) is 0 Å². The average molecular weight is 885 g/mol. The van der Waals surface area contributed by atoms with Crippen LogP contribution in [0.1, 0.15) is 0 Å². The smallest absolute Gasteiger partial charge is 0.00262 e. The van der Waals surface area contributed by atoms with Crippen LogP contribution < -0.4 is 0 Å². The third-order valence-electron chi connectivity index (χ3n) is 14.8. The van der Waals surface area contributed by atoms with E-state index in [-0.39, 0.29) is 0 Å². The van der Waals surface area contributed by atoms with Crippen LogP contribution in [0.15, 0.2) is 267 Å². The normalized spacial score (nSPS) is 11.7. The molecule has 14 aromatic rings. The van der Waals surface area contributed by atoms with E-state index in [1.807, 2.05) is 0 Å². The highest BCUT2D eigenvalue weighted by atomic mass is 14.2. The SMILES string of the molecule is c1ccc2cc(-c3c4ccccc4c(-c4ccc(-c5ccc6cc(-c7ccc(-c8c9ccccc9c(-c9ccc%10ccccc%10c9)c9ccccc89)cc7)ccc6c5)cc4)c4ccccc34)ccc2c1. The van der Waals surface area contributed by atoms with Gasteiger partial charge in [-0.3, -0.25) is 0 Å². The van der Waals surface area contributed by atoms with Gasteiger partial charge in [0.05, 0.1) is 0 Å². The van der Waals surface area contributed by atoms with Crippen LogP contribution in [0, 0.1) is 0 Å². The summed E-state index contributed by atoms with van der Waals surface area (Å²) in [6.45, 7) is 0. The van der Waals surface area contributed by atoms with Gasteiger partial charge in [0.25, 0.3) is 0 Å². The summed E-state index contributed by atoms with van der Waals surface area (Å²) in [5.41, 5.74) is 14.9. The van der Waals surface area contributed by atoms with Crippen molar-refractivity contribution in [2.45, 2.75) is 0 Å². The molecular weight excluding hydrogens is 841 g/mol. The quantitative estimate of drug-likeness (QED) is 0.146. The molecule has 0 aliphatic heterocycles. The van der Waals surface area contributed by atoms with Crippen molar-refractivity contribution in [2.24, 2.45) is 0 Å². The fraction of sp³-hybridized carbons (Fsp3) is 0. The van der Waals surface area contributed by atoms with Gasteiger partial charge in [0.1, 0.15) is 0 Å². The largest absolute Gasteiger partial charge is 0.0616 e. The molecule has 70 heavy (non-hydrogen) atoms. The van der Waals surface area contributed by atoms with E-state index in [2.05, 4.69) is 267 Å². The molecule has 14 rings (SSSR count). The average Bonchev–Trinajstić information content (AvgIpc) is 3.43. The zero-order valence-corrected chi connectivity index (χ0v) is 38.4. The summed E-state index contributed by atoms with van der Waals surface area (Å²) in [6, 6.07) is 98.8. The maximum Gasteiger partial charge on any atom is -0.00262 e. The van der Waals surface area contributed by atoms with Crippen LogP contribution in [0.25, 0.3) is 142 Å². The van der Waals surface area contributed by atoms with Crippen molar-refractivity contribution < 1.29 is 0 Å². The highest BCUT2D eigenvalue weighted by molar-refractivity contribution is 6.23. The van der Waals surface area contributed by atoms with Crippen LogP contribution in [0.3, 0.4) is 0 Å². The third kappa shape index (κ3) is 6.61. The number of fused-ring (bicyclic) bond motifs is 7. The Kier molecular flexibility index (Phi) is 9.32. The minimum Gasteiger partial charge on any atom is -0.0616 e. The fourth-order valence-electron chi connectivity index (χ4n) is 11.5. The van der Waals surface area contributed by atoms with Crippen molar-refractivity contribution in [1.29, 1.82) is 0 Å². The lowest BCUT2D eigenvalue weighted by Crippen LogP contribution is -1.91. The Labute approximate surface area is 407 Å². The van der Waals surface area contributed by atoms with Gasteiger partial charge in [-0.1, -0.05) is 243 Å². The van der Waals surface area contributed by atoms with E-state index in [0.717, 1.165) is 0 Å². The molecule has 14 aromatic carbocycles. The summed E-state index contributed by atoms with van der Waals surface area (Å²) in [4.78, 5) is 0. The van der Waals surface area contributed by atoms with Crippen LogP contribution in [-0.2, 0) is 0 Å². The van der Waals surface area contributed by atoms with E-state index < -0.39 is 0 Å². The predicted octanol–water partition coefficient (Wildman–Crippen LogP) is 19.8. The maximum absolute atomic E-state index is 2.34. The molecule has 0 spiro atoms. The van der Waals surface area contributed by atoms with Crippen LogP contribution in [0.4, 0.5) is 0 Å². The van der Waals surface area contributed by atoms with Gasteiger partial charge in [-0.2, -0.15) is 0 Å². The first-order valence-electron chi connectivity index (χ1n) is 24.3. The van der Waals surface area contributed by atoms with E-state index in [0.29, 0.717) is 0 Å². The first kappa shape index (κ1) is 40.0. The lowest BCUT2D eigenvalue weighted by atomic mass is 9.85. The zero-order chi connectivity index (χ0) is 46.1. The molecule has 0 saturated carbocycles. The van der Waals surface area contributed by atoms with Crippen LogP contribution in [0.2, 0.25) is 0 Å². The monoisotopic (exact) mass is 884 g/mol. The summed E-state index contributed by atoms with van der Waals surface area (Å²) < 4.78 is 0. The summed E-state index contributed by atoms with van der Waals surface area (Å²) in [7, 11) is 0. The molecule has 0 N–H and O–H groups in total. The van der Waals surface area contributed by atoms with Crippen molar-refractivity contribution >= 4 is 75.4 Å². The van der Waals surface area contributed by atoms with Gasteiger partial charge in [-0.15, -0.1) is 0 Å². The second-order valence-electron chi connectivity index (χ2n) is 18.7. The number of rotatable bonds is 6. The molecule has 0 heteroatoms. The summed E-state index contributed by atoms with van der Waals surface area (Å²) >= 11 is 0. The lowest BCUT2D eigenvalue weighted by molar-refractivity contribution is 1.61. The van der Waals surface area contributed by atoms with E-state index in [9.17, 15) is 0 Å². The molecule has 0 saturated heterocycles. The van der Waals surface area contributed by atoms with E-state index in [1.54, 1.807) is 0 Å². The Morgan fingerprint density at radius 1 is 0.129 bits per heavy atom. The summed E-state index contributed by atoms with van der Waals surface area (Å²) in [6.07, 6.45) is 0. The standard InChI is InChI=1S/C70H44/c1-3-15-51-43-57(39-29-45(51)13-1)69-63-21-9-5-17-59(63)67(60-18-6-10-22-64(60)69)49-31-25-47(26-32-49)53-35-37-56-42-54(36-38-55(56)41-53)48-27-33-50(34-28-48)68-61-19-7-11-23-65(61)70(66-24-12-8-20-62(66)68)58-40-30-46-14-2-4-16-52(46)44-58/h1-44H. The Morgan fingerprint density at radius 2 is 0.329 bits per heavy atom. The topological polar surface area (TPSA) is 0 Å². The molecule has 0 nitrogen and oxygen atoms in total. The van der Waals surface area contributed by atoms with Crippen LogP contribution in [0.5, 0.6) is 0 Å². The lowest BCUT2D eigenvalue weighted by Gasteiger charge is -2.18. The van der Waals surface area contributed by atoms with Gasteiger partial charge in [0.2, 0.25) is 0 Å². The molecule has 0 amide bonds. The molecule has 0 aliphatic rings. The first-order valence-corrected chi connectivity index (χ1v) is 24.3. The highest BCUT2D eigenvalue weighted by Crippen LogP contribution is 2.46. The van der Waals surface area contributed by atoms with Crippen molar-refractivity contribution in [3.05, 3.63) is 267 Å². The number of benzene rings is 14. The molecule has 0 atom stereocenters. The molecular formula is C70H44. The zero-order valence-electron chi connectivity index (χ0n) is 38.4. The van der Waals surface area contributed by atoms with E-state index in [4.69, 9.17) is 0 Å². The second-order valence-corrected chi connectivity index (χ2v) is 18.7. The maximum atomic E-state index is 2.34. The van der Waals surface area contributed by atoms with Crippen LogP contribution in [-0.4, -0.2) is 0 Å². The third-order valence-corrected chi connectivity index (χ3v) is 14.8. The number of hydrogen-bond donors (Lipinski definition) is 0. The number of hydrogen-bond acceptors (Lipinski definition) is 0. The van der Waals surface area contributed by atoms with Crippen LogP contribution >= 0.6 is 0 Å². The minimum absolute atomic E-state index is 1.21. The van der Waals surface area contributed by atoms with Gasteiger partial charge in [-0.25, -0.2) is 0 Å². The Morgan fingerprint density at radius 3 is 0.657 bits per heavy atom. The van der Waals surface area contributed by atoms with Gasteiger partial charge in [0, 0.05) is 0 Å². The molecule has 0 fully saturated rings. The predicted molar refractivity (Wildman–Crippen MR) is 302 cm³/mol. The molecule has 0 bridgehead atoms. The van der Waals surface area contributed by atoms with Gasteiger partial charge in [-0.05, 0) is 166 Å². The molecule has 324 valence electrons. The van der Waals surface area contributed by atoms with Crippen molar-refractivity contribution in [3.63, 3.8) is 0 Å².